The highest BCUT2D eigenvalue weighted by Gasteiger charge is 2.25. The van der Waals surface area contributed by atoms with E-state index in [9.17, 15) is 4.79 Å². The highest BCUT2D eigenvalue weighted by Crippen LogP contribution is 2.20. The summed E-state index contributed by atoms with van der Waals surface area (Å²) >= 11 is 0. The monoisotopic (exact) mass is 251 g/mol. The minimum Gasteiger partial charge on any atom is -0.335 e. The molecule has 0 bridgehead atoms. The fourth-order valence-electron chi connectivity index (χ4n) is 1.61. The molecule has 18 heavy (non-hydrogen) atoms. The Balaban J connectivity index is 0. The van der Waals surface area contributed by atoms with Gasteiger partial charge in [-0.2, -0.15) is 0 Å². The van der Waals surface area contributed by atoms with Crippen molar-refractivity contribution < 1.29 is 4.79 Å². The average molecular weight is 251 g/mol. The van der Waals surface area contributed by atoms with Gasteiger partial charge in [0.25, 0.3) is 5.91 Å². The van der Waals surface area contributed by atoms with Crippen LogP contribution in [0, 0.1) is 0 Å². The van der Waals surface area contributed by atoms with E-state index in [1.807, 2.05) is 77.7 Å². The van der Waals surface area contributed by atoms with E-state index in [1.165, 1.54) is 0 Å². The van der Waals surface area contributed by atoms with Crippen molar-refractivity contribution in [3.63, 3.8) is 0 Å². The molecule has 1 aliphatic rings. The lowest BCUT2D eigenvalue weighted by atomic mass is 10.1. The molecule has 0 radical (unpaired) electrons. The molecule has 0 aromatic rings. The number of hydrogen-bond donors (Lipinski definition) is 0. The maximum Gasteiger partial charge on any atom is 0.254 e. The van der Waals surface area contributed by atoms with Gasteiger partial charge in [0.15, 0.2) is 0 Å². The minimum atomic E-state index is 0.152. The van der Waals surface area contributed by atoms with E-state index in [1.54, 1.807) is 0 Å². The molecule has 0 fully saturated rings. The fraction of sp³-hybridized carbons (Fsp3) is 0.562. The first kappa shape index (κ1) is 19.0. The van der Waals surface area contributed by atoms with Gasteiger partial charge in [0.1, 0.15) is 0 Å². The van der Waals surface area contributed by atoms with Crippen molar-refractivity contribution in [2.24, 2.45) is 0 Å². The predicted octanol–water partition coefficient (Wildman–Crippen LogP) is 4.35. The summed E-state index contributed by atoms with van der Waals surface area (Å²) in [7, 11) is 0. The van der Waals surface area contributed by atoms with E-state index in [0.29, 0.717) is 0 Å². The molecular weight excluding hydrogens is 222 g/mol. The molecule has 2 heteroatoms. The van der Waals surface area contributed by atoms with Crippen LogP contribution in [0.1, 0.15) is 48.5 Å². The molecule has 0 spiro atoms. The third-order valence-corrected chi connectivity index (χ3v) is 2.31. The van der Waals surface area contributed by atoms with E-state index in [0.717, 1.165) is 24.2 Å². The first-order chi connectivity index (χ1) is 8.74. The Morgan fingerprint density at radius 1 is 1.06 bits per heavy atom. The SMILES string of the molecule is C/C=C\C1=C(/C=C\C)C(=O)N(CC)C1.CC.CC. The molecule has 0 aromatic heterocycles. The van der Waals surface area contributed by atoms with Crippen LogP contribution < -0.4 is 0 Å². The summed E-state index contributed by atoms with van der Waals surface area (Å²) in [6, 6.07) is 0. The van der Waals surface area contributed by atoms with E-state index in [2.05, 4.69) is 0 Å². The summed E-state index contributed by atoms with van der Waals surface area (Å²) in [6.07, 6.45) is 7.80. The van der Waals surface area contributed by atoms with Crippen molar-refractivity contribution in [2.75, 3.05) is 13.1 Å². The zero-order chi connectivity index (χ0) is 14.6. The lowest BCUT2D eigenvalue weighted by Crippen LogP contribution is -2.26. The van der Waals surface area contributed by atoms with E-state index >= 15 is 0 Å². The van der Waals surface area contributed by atoms with Gasteiger partial charge in [-0.15, -0.1) is 0 Å². The molecule has 1 heterocycles. The van der Waals surface area contributed by atoms with Gasteiger partial charge >= 0.3 is 0 Å². The summed E-state index contributed by atoms with van der Waals surface area (Å²) in [5.74, 6) is 0.152. The maximum absolute atomic E-state index is 11.8. The Kier molecular flexibility index (Phi) is 12.9. The van der Waals surface area contributed by atoms with Crippen LogP contribution in [0.25, 0.3) is 0 Å². The standard InChI is InChI=1S/C12H17NO.2C2H6/c1-4-7-10-9-13(6-3)12(14)11(10)8-5-2;2*1-2/h4-5,7-8H,6,9H2,1-3H3;2*1-2H3/b7-4-,8-5-;;. The van der Waals surface area contributed by atoms with Crippen molar-refractivity contribution >= 4 is 5.91 Å². The van der Waals surface area contributed by atoms with E-state index in [-0.39, 0.29) is 5.91 Å². The number of rotatable bonds is 3. The molecule has 0 saturated carbocycles. The lowest BCUT2D eigenvalue weighted by molar-refractivity contribution is -0.124. The van der Waals surface area contributed by atoms with Crippen molar-refractivity contribution in [3.05, 3.63) is 35.5 Å². The van der Waals surface area contributed by atoms with Gasteiger partial charge in [-0.05, 0) is 26.3 Å². The molecule has 2 nitrogen and oxygen atoms in total. The summed E-state index contributed by atoms with van der Waals surface area (Å²) in [5.41, 5.74) is 1.96. The van der Waals surface area contributed by atoms with Crippen molar-refractivity contribution in [2.45, 2.75) is 48.5 Å². The van der Waals surface area contributed by atoms with Crippen LogP contribution in [-0.4, -0.2) is 23.9 Å². The Morgan fingerprint density at radius 3 is 1.94 bits per heavy atom. The number of allylic oxidation sites excluding steroid dienone is 2. The molecule has 104 valence electrons. The topological polar surface area (TPSA) is 20.3 Å². The predicted molar refractivity (Wildman–Crippen MR) is 81.6 cm³/mol. The number of amides is 1. The van der Waals surface area contributed by atoms with Gasteiger partial charge in [-0.3, -0.25) is 4.79 Å². The second-order valence-electron chi connectivity index (χ2n) is 3.26. The molecule has 1 amide bonds. The Bertz CT molecular complexity index is 311. The van der Waals surface area contributed by atoms with Gasteiger partial charge in [0.2, 0.25) is 0 Å². The van der Waals surface area contributed by atoms with Crippen LogP contribution in [0.15, 0.2) is 35.5 Å². The number of carbonyl (C=O) groups excluding carboxylic acids is 1. The van der Waals surface area contributed by atoms with Crippen molar-refractivity contribution in [1.29, 1.82) is 0 Å². The van der Waals surface area contributed by atoms with Gasteiger partial charge in [0.05, 0.1) is 0 Å². The van der Waals surface area contributed by atoms with Crippen LogP contribution in [0.2, 0.25) is 0 Å². The lowest BCUT2D eigenvalue weighted by Gasteiger charge is -2.12. The first-order valence-corrected chi connectivity index (χ1v) is 7.02. The summed E-state index contributed by atoms with van der Waals surface area (Å²) in [4.78, 5) is 13.6. The van der Waals surface area contributed by atoms with E-state index in [4.69, 9.17) is 0 Å². The first-order valence-electron chi connectivity index (χ1n) is 7.02. The molecule has 0 aromatic carbocycles. The highest BCUT2D eigenvalue weighted by molar-refractivity contribution is 6.00. The Labute approximate surface area is 113 Å². The molecule has 1 aliphatic heterocycles. The van der Waals surface area contributed by atoms with Gasteiger partial charge in [-0.1, -0.05) is 52.0 Å². The van der Waals surface area contributed by atoms with Crippen LogP contribution in [-0.2, 0) is 4.79 Å². The third-order valence-electron chi connectivity index (χ3n) is 2.31. The highest BCUT2D eigenvalue weighted by atomic mass is 16.2. The van der Waals surface area contributed by atoms with Crippen LogP contribution in [0.5, 0.6) is 0 Å². The minimum absolute atomic E-state index is 0.152. The summed E-state index contributed by atoms with van der Waals surface area (Å²) in [5, 5.41) is 0. The molecule has 0 unspecified atom stereocenters. The largest absolute Gasteiger partial charge is 0.335 e. The second kappa shape index (κ2) is 12.2. The normalized spacial score (nSPS) is 14.8. The number of hydrogen-bond acceptors (Lipinski definition) is 1. The van der Waals surface area contributed by atoms with Gasteiger partial charge in [-0.25, -0.2) is 0 Å². The quantitative estimate of drug-likeness (QED) is 0.730. The zero-order valence-electron chi connectivity index (χ0n) is 13.1. The molecular formula is C16H29NO. The molecule has 0 atom stereocenters. The number of carbonyl (C=O) groups is 1. The van der Waals surface area contributed by atoms with Crippen LogP contribution in [0.3, 0.4) is 0 Å². The van der Waals surface area contributed by atoms with Gasteiger partial charge < -0.3 is 4.90 Å². The van der Waals surface area contributed by atoms with Crippen molar-refractivity contribution in [1.82, 2.24) is 4.90 Å². The third kappa shape index (κ3) is 5.35. The zero-order valence-corrected chi connectivity index (χ0v) is 13.1. The van der Waals surface area contributed by atoms with E-state index < -0.39 is 0 Å². The van der Waals surface area contributed by atoms with Crippen molar-refractivity contribution in [3.8, 4) is 0 Å². The molecule has 0 saturated heterocycles. The molecule has 0 N–H and O–H groups in total. The maximum atomic E-state index is 11.8. The average Bonchev–Trinajstić information content (AvgIpc) is 2.73. The van der Waals surface area contributed by atoms with Crippen LogP contribution in [0.4, 0.5) is 0 Å². The Morgan fingerprint density at radius 2 is 1.56 bits per heavy atom. The Hall–Kier alpha value is -1.31. The van der Waals surface area contributed by atoms with Crippen LogP contribution >= 0.6 is 0 Å². The molecule has 1 rings (SSSR count). The summed E-state index contributed by atoms with van der Waals surface area (Å²) in [6.45, 7) is 15.4. The number of nitrogens with zero attached hydrogens (tertiary/aromatic N) is 1. The fourth-order valence-corrected chi connectivity index (χ4v) is 1.61. The molecule has 0 aliphatic carbocycles. The number of likely N-dealkylation sites (N-methyl/N-ethyl adjacent to an activating group) is 1. The summed E-state index contributed by atoms with van der Waals surface area (Å²) < 4.78 is 0. The second-order valence-corrected chi connectivity index (χ2v) is 3.26. The van der Waals surface area contributed by atoms with Gasteiger partial charge in [0, 0.05) is 18.7 Å². The smallest absolute Gasteiger partial charge is 0.254 e.